The van der Waals surface area contributed by atoms with Crippen LogP contribution in [0.5, 0.6) is 0 Å². The molecule has 0 saturated heterocycles. The highest BCUT2D eigenvalue weighted by Gasteiger charge is 2.40. The van der Waals surface area contributed by atoms with E-state index in [0.29, 0.717) is 11.1 Å². The van der Waals surface area contributed by atoms with Crippen molar-refractivity contribution in [1.82, 2.24) is 5.32 Å². The molecule has 0 radical (unpaired) electrons. The van der Waals surface area contributed by atoms with Gasteiger partial charge in [0.05, 0.1) is 5.54 Å². The largest absolute Gasteiger partial charge is 0.342 e. The van der Waals surface area contributed by atoms with Crippen LogP contribution in [0.1, 0.15) is 39.6 Å². The molecule has 1 unspecified atom stereocenters. The van der Waals surface area contributed by atoms with Crippen LogP contribution in [0.25, 0.3) is 0 Å². The van der Waals surface area contributed by atoms with E-state index in [1.54, 1.807) is 18.2 Å². The summed E-state index contributed by atoms with van der Waals surface area (Å²) in [7, 11) is 0. The number of fused-ring (bicyclic) bond motifs is 1. The Kier molecular flexibility index (Phi) is 3.41. The summed E-state index contributed by atoms with van der Waals surface area (Å²) in [5.74, 6) is -0.105. The number of carbonyl (C=O) groups is 2. The van der Waals surface area contributed by atoms with E-state index in [4.69, 9.17) is 0 Å². The van der Waals surface area contributed by atoms with Crippen LogP contribution in [0.15, 0.2) is 53.0 Å². The Hall–Kier alpha value is -1.94. The zero-order valence-corrected chi connectivity index (χ0v) is 13.1. The van der Waals surface area contributed by atoms with Crippen molar-refractivity contribution in [3.63, 3.8) is 0 Å². The lowest BCUT2D eigenvalue weighted by Gasteiger charge is -2.25. The Morgan fingerprint density at radius 3 is 2.62 bits per heavy atom. The third kappa shape index (κ3) is 2.51. The van der Waals surface area contributed by atoms with Crippen LogP contribution in [0.2, 0.25) is 0 Å². The molecular formula is C17H14BrNO2. The lowest BCUT2D eigenvalue weighted by atomic mass is 9.86. The first-order valence-corrected chi connectivity index (χ1v) is 7.50. The molecule has 106 valence electrons. The van der Waals surface area contributed by atoms with Crippen LogP contribution < -0.4 is 5.32 Å². The molecule has 1 heterocycles. The minimum atomic E-state index is -0.664. The van der Waals surface area contributed by atoms with E-state index in [1.807, 2.05) is 37.3 Å². The van der Waals surface area contributed by atoms with Gasteiger partial charge in [-0.15, -0.1) is 0 Å². The maximum atomic E-state index is 12.4. The Labute approximate surface area is 131 Å². The number of benzene rings is 2. The number of amides is 1. The molecular weight excluding hydrogens is 330 g/mol. The molecule has 0 fully saturated rings. The fraction of sp³-hybridized carbons (Fsp3) is 0.176. The molecule has 21 heavy (non-hydrogen) atoms. The van der Waals surface area contributed by atoms with Gasteiger partial charge in [-0.3, -0.25) is 9.59 Å². The molecule has 2 aromatic rings. The predicted octanol–water partition coefficient (Wildman–Crippen LogP) is 3.68. The second-order valence-corrected chi connectivity index (χ2v) is 6.36. The number of ketones is 1. The van der Waals surface area contributed by atoms with Crippen molar-refractivity contribution in [1.29, 1.82) is 0 Å². The predicted molar refractivity (Wildman–Crippen MR) is 84.3 cm³/mol. The van der Waals surface area contributed by atoms with Crippen molar-refractivity contribution in [3.8, 4) is 0 Å². The number of rotatable bonds is 3. The quantitative estimate of drug-likeness (QED) is 0.864. The maximum absolute atomic E-state index is 12.4. The Morgan fingerprint density at radius 1 is 1.19 bits per heavy atom. The van der Waals surface area contributed by atoms with E-state index in [-0.39, 0.29) is 18.1 Å². The third-order valence-electron chi connectivity index (χ3n) is 3.82. The van der Waals surface area contributed by atoms with Crippen molar-refractivity contribution in [2.24, 2.45) is 0 Å². The van der Waals surface area contributed by atoms with Crippen molar-refractivity contribution >= 4 is 27.6 Å². The van der Waals surface area contributed by atoms with Crippen LogP contribution in [0.4, 0.5) is 0 Å². The molecule has 2 aromatic carbocycles. The molecule has 0 spiro atoms. The molecule has 4 heteroatoms. The lowest BCUT2D eigenvalue weighted by molar-refractivity contribution is 0.0894. The minimum absolute atomic E-state index is 0.0197. The van der Waals surface area contributed by atoms with Gasteiger partial charge in [-0.1, -0.05) is 46.3 Å². The molecule has 3 rings (SSSR count). The summed E-state index contributed by atoms with van der Waals surface area (Å²) < 4.78 is 0.899. The zero-order valence-electron chi connectivity index (χ0n) is 11.5. The van der Waals surface area contributed by atoms with Gasteiger partial charge in [0.2, 0.25) is 0 Å². The summed E-state index contributed by atoms with van der Waals surface area (Å²) >= 11 is 3.42. The Bertz CT molecular complexity index is 727. The van der Waals surface area contributed by atoms with Gasteiger partial charge in [0.25, 0.3) is 5.91 Å². The number of carbonyl (C=O) groups excluding carboxylic acids is 2. The molecule has 1 N–H and O–H groups in total. The summed E-state index contributed by atoms with van der Waals surface area (Å²) in [5, 5.41) is 2.94. The highest BCUT2D eigenvalue weighted by Crippen LogP contribution is 2.36. The Morgan fingerprint density at radius 2 is 1.90 bits per heavy atom. The molecule has 1 amide bonds. The molecule has 3 nitrogen and oxygen atoms in total. The highest BCUT2D eigenvalue weighted by atomic mass is 79.9. The van der Waals surface area contributed by atoms with Crippen molar-refractivity contribution in [3.05, 3.63) is 69.7 Å². The van der Waals surface area contributed by atoms with E-state index < -0.39 is 5.54 Å². The summed E-state index contributed by atoms with van der Waals surface area (Å²) in [6.07, 6.45) is 0.242. The van der Waals surface area contributed by atoms with Gasteiger partial charge < -0.3 is 5.32 Å². The number of hydrogen-bond donors (Lipinski definition) is 1. The standard InChI is InChI=1S/C17H14BrNO2/c1-17(10-15(20)11-5-3-2-4-6-11)14-9-12(18)7-8-13(14)16(21)19-17/h2-9H,10H2,1H3,(H,19,21). The summed E-state index contributed by atoms with van der Waals surface area (Å²) in [6.45, 7) is 1.89. The number of halogens is 1. The molecule has 0 aromatic heterocycles. The average Bonchev–Trinajstić information content (AvgIpc) is 2.71. The van der Waals surface area contributed by atoms with Crippen molar-refractivity contribution < 1.29 is 9.59 Å². The van der Waals surface area contributed by atoms with Crippen molar-refractivity contribution in [2.75, 3.05) is 0 Å². The van der Waals surface area contributed by atoms with Gasteiger partial charge in [0.1, 0.15) is 0 Å². The zero-order chi connectivity index (χ0) is 15.0. The highest BCUT2D eigenvalue weighted by molar-refractivity contribution is 9.10. The van der Waals surface area contributed by atoms with Gasteiger partial charge in [0.15, 0.2) is 5.78 Å². The van der Waals surface area contributed by atoms with Crippen LogP contribution in [-0.4, -0.2) is 11.7 Å². The van der Waals surface area contributed by atoms with E-state index in [0.717, 1.165) is 10.0 Å². The van der Waals surface area contributed by atoms with Gasteiger partial charge in [-0.25, -0.2) is 0 Å². The van der Waals surface area contributed by atoms with Crippen LogP contribution in [0, 0.1) is 0 Å². The maximum Gasteiger partial charge on any atom is 0.252 e. The summed E-state index contributed by atoms with van der Waals surface area (Å²) in [6, 6.07) is 14.7. The fourth-order valence-corrected chi connectivity index (χ4v) is 3.10. The second kappa shape index (κ2) is 5.11. The van der Waals surface area contributed by atoms with E-state index in [9.17, 15) is 9.59 Å². The second-order valence-electron chi connectivity index (χ2n) is 5.44. The van der Waals surface area contributed by atoms with E-state index in [2.05, 4.69) is 21.2 Å². The Balaban J connectivity index is 1.95. The van der Waals surface area contributed by atoms with Gasteiger partial charge in [-0.05, 0) is 30.7 Å². The number of hydrogen-bond acceptors (Lipinski definition) is 2. The first kappa shape index (κ1) is 14.0. The minimum Gasteiger partial charge on any atom is -0.342 e. The first-order valence-electron chi connectivity index (χ1n) is 6.70. The van der Waals surface area contributed by atoms with Crippen molar-refractivity contribution in [2.45, 2.75) is 18.9 Å². The van der Waals surface area contributed by atoms with Gasteiger partial charge in [-0.2, -0.15) is 0 Å². The lowest BCUT2D eigenvalue weighted by Crippen LogP contribution is -2.38. The molecule has 0 bridgehead atoms. The normalized spacial score (nSPS) is 20.0. The summed E-state index contributed by atoms with van der Waals surface area (Å²) in [5.41, 5.74) is 1.51. The average molecular weight is 344 g/mol. The summed E-state index contributed by atoms with van der Waals surface area (Å²) in [4.78, 5) is 24.5. The first-order chi connectivity index (χ1) is 9.99. The molecule has 1 aliphatic rings. The van der Waals surface area contributed by atoms with Crippen LogP contribution >= 0.6 is 15.9 Å². The molecule has 1 atom stereocenters. The fourth-order valence-electron chi connectivity index (χ4n) is 2.74. The van der Waals surface area contributed by atoms with E-state index in [1.165, 1.54) is 0 Å². The SMILES string of the molecule is CC1(CC(=O)c2ccccc2)NC(=O)c2ccc(Br)cc21. The van der Waals surface area contributed by atoms with Gasteiger partial charge in [0, 0.05) is 22.0 Å². The van der Waals surface area contributed by atoms with Crippen LogP contribution in [0.3, 0.4) is 0 Å². The molecule has 0 aliphatic carbocycles. The smallest absolute Gasteiger partial charge is 0.252 e. The van der Waals surface area contributed by atoms with E-state index >= 15 is 0 Å². The number of nitrogens with one attached hydrogen (secondary N) is 1. The van der Waals surface area contributed by atoms with Gasteiger partial charge >= 0.3 is 0 Å². The third-order valence-corrected chi connectivity index (χ3v) is 4.31. The number of Topliss-reactive ketones (excluding diaryl/α,β-unsaturated/α-hetero) is 1. The van der Waals surface area contributed by atoms with Crippen LogP contribution in [-0.2, 0) is 5.54 Å². The topological polar surface area (TPSA) is 46.2 Å². The molecule has 1 aliphatic heterocycles. The molecule has 0 saturated carbocycles. The monoisotopic (exact) mass is 343 g/mol.